The molecular formula is C6H11ClN2O2S. The van der Waals surface area contributed by atoms with Gasteiger partial charge >= 0.3 is 0 Å². The van der Waals surface area contributed by atoms with E-state index >= 15 is 0 Å². The molecule has 0 heterocycles. The summed E-state index contributed by atoms with van der Waals surface area (Å²) in [7, 11) is -3.20. The van der Waals surface area contributed by atoms with Crippen LogP contribution in [0.2, 0.25) is 0 Å². The van der Waals surface area contributed by atoms with Gasteiger partial charge in [-0.2, -0.15) is 5.26 Å². The Labute approximate surface area is 77.6 Å². The Morgan fingerprint density at radius 3 is 2.67 bits per heavy atom. The van der Waals surface area contributed by atoms with Gasteiger partial charge in [0.25, 0.3) is 0 Å². The van der Waals surface area contributed by atoms with E-state index in [1.165, 1.54) is 0 Å². The highest BCUT2D eigenvalue weighted by molar-refractivity contribution is 7.89. The molecular weight excluding hydrogens is 200 g/mol. The van der Waals surface area contributed by atoms with Gasteiger partial charge in [0, 0.05) is 18.8 Å². The Kier molecular flexibility index (Phi) is 6.07. The molecule has 70 valence electrons. The fraction of sp³-hybridized carbons (Fsp3) is 0.833. The summed E-state index contributed by atoms with van der Waals surface area (Å²) in [6, 6.07) is 1.84. The number of halogens is 1. The molecule has 0 aromatic heterocycles. The van der Waals surface area contributed by atoms with Crippen LogP contribution in [0.1, 0.15) is 12.8 Å². The molecule has 0 aliphatic carbocycles. The molecule has 0 saturated heterocycles. The highest BCUT2D eigenvalue weighted by Crippen LogP contribution is 1.91. The van der Waals surface area contributed by atoms with E-state index in [2.05, 4.69) is 4.72 Å². The van der Waals surface area contributed by atoms with Crippen molar-refractivity contribution in [1.29, 1.82) is 5.26 Å². The maximum Gasteiger partial charge on any atom is 0.211 e. The fourth-order valence-corrected chi connectivity index (χ4v) is 1.95. The molecule has 1 N–H and O–H groups in total. The van der Waals surface area contributed by atoms with Crippen LogP contribution in [-0.4, -0.2) is 26.6 Å². The minimum atomic E-state index is -3.20. The molecule has 0 aromatic rings. The van der Waals surface area contributed by atoms with E-state index in [0.29, 0.717) is 12.3 Å². The molecule has 0 radical (unpaired) electrons. The summed E-state index contributed by atoms with van der Waals surface area (Å²) in [5, 5.41) is 8.13. The van der Waals surface area contributed by atoms with E-state index in [0.717, 1.165) is 0 Å². The first-order chi connectivity index (χ1) is 5.62. The first-order valence-electron chi connectivity index (χ1n) is 3.52. The molecule has 0 bridgehead atoms. The van der Waals surface area contributed by atoms with Crippen LogP contribution in [0.5, 0.6) is 0 Å². The maximum atomic E-state index is 11.0. The third kappa shape index (κ3) is 6.40. The van der Waals surface area contributed by atoms with Gasteiger partial charge in [-0.1, -0.05) is 0 Å². The smallest absolute Gasteiger partial charge is 0.211 e. The summed E-state index contributed by atoms with van der Waals surface area (Å²) in [6.45, 7) is 0.182. The van der Waals surface area contributed by atoms with E-state index in [1.807, 2.05) is 6.07 Å². The average Bonchev–Trinajstić information content (AvgIpc) is 2.01. The molecule has 0 aliphatic heterocycles. The normalized spacial score (nSPS) is 11.0. The molecule has 6 heteroatoms. The van der Waals surface area contributed by atoms with Gasteiger partial charge in [-0.25, -0.2) is 13.1 Å². The van der Waals surface area contributed by atoms with E-state index in [4.69, 9.17) is 16.9 Å². The van der Waals surface area contributed by atoms with Crippen LogP contribution in [0.3, 0.4) is 0 Å². The summed E-state index contributed by atoms with van der Waals surface area (Å²) in [6.07, 6.45) is 0.629. The van der Waals surface area contributed by atoms with E-state index in [-0.39, 0.29) is 18.7 Å². The number of nitrogens with one attached hydrogen (secondary N) is 1. The van der Waals surface area contributed by atoms with Crippen molar-refractivity contribution in [1.82, 2.24) is 4.72 Å². The maximum absolute atomic E-state index is 11.0. The standard InChI is InChI=1S/C6H11ClN2O2S/c7-3-1-6-12(10,11)9-5-2-4-8/h9H,1-3,5-6H2. The van der Waals surface area contributed by atoms with Gasteiger partial charge in [0.05, 0.1) is 11.8 Å². The van der Waals surface area contributed by atoms with Crippen molar-refractivity contribution in [3.63, 3.8) is 0 Å². The van der Waals surface area contributed by atoms with Crippen LogP contribution < -0.4 is 4.72 Å². The molecule has 0 rings (SSSR count). The molecule has 12 heavy (non-hydrogen) atoms. The number of alkyl halides is 1. The topological polar surface area (TPSA) is 70.0 Å². The van der Waals surface area contributed by atoms with E-state index in [1.54, 1.807) is 0 Å². The van der Waals surface area contributed by atoms with Crippen LogP contribution in [0, 0.1) is 11.3 Å². The Morgan fingerprint density at radius 2 is 2.17 bits per heavy atom. The van der Waals surface area contributed by atoms with Crippen molar-refractivity contribution in [2.45, 2.75) is 12.8 Å². The lowest BCUT2D eigenvalue weighted by molar-refractivity contribution is 0.581. The van der Waals surface area contributed by atoms with Crippen molar-refractivity contribution < 1.29 is 8.42 Å². The summed E-state index contributed by atoms with van der Waals surface area (Å²) in [5.41, 5.74) is 0. The second-order valence-electron chi connectivity index (χ2n) is 2.16. The quantitative estimate of drug-likeness (QED) is 0.511. The largest absolute Gasteiger partial charge is 0.214 e. The zero-order chi connectivity index (χ0) is 9.45. The molecule has 0 fully saturated rings. The minimum Gasteiger partial charge on any atom is -0.214 e. The average molecular weight is 211 g/mol. The van der Waals surface area contributed by atoms with Crippen LogP contribution in [-0.2, 0) is 10.0 Å². The van der Waals surface area contributed by atoms with Crippen molar-refractivity contribution in [3.05, 3.63) is 0 Å². The second kappa shape index (κ2) is 6.23. The van der Waals surface area contributed by atoms with E-state index < -0.39 is 10.0 Å². The van der Waals surface area contributed by atoms with Gasteiger partial charge in [0.1, 0.15) is 0 Å². The van der Waals surface area contributed by atoms with Crippen molar-refractivity contribution >= 4 is 21.6 Å². The van der Waals surface area contributed by atoms with Crippen LogP contribution >= 0.6 is 11.6 Å². The Hall–Kier alpha value is -0.310. The predicted octanol–water partition coefficient (Wildman–Crippen LogP) is 0.448. The van der Waals surface area contributed by atoms with Crippen LogP contribution in [0.25, 0.3) is 0 Å². The summed E-state index contributed by atoms with van der Waals surface area (Å²) in [5.74, 6) is 0.362. The zero-order valence-corrected chi connectivity index (χ0v) is 8.16. The van der Waals surface area contributed by atoms with Crippen molar-refractivity contribution in [2.75, 3.05) is 18.2 Å². The zero-order valence-electron chi connectivity index (χ0n) is 6.59. The summed E-state index contributed by atoms with van der Waals surface area (Å²) >= 11 is 5.32. The van der Waals surface area contributed by atoms with E-state index in [9.17, 15) is 8.42 Å². The van der Waals surface area contributed by atoms with Gasteiger partial charge in [-0.05, 0) is 6.42 Å². The molecule has 0 spiro atoms. The molecule has 4 nitrogen and oxygen atoms in total. The van der Waals surface area contributed by atoms with Gasteiger partial charge in [-0.3, -0.25) is 0 Å². The summed E-state index contributed by atoms with van der Waals surface area (Å²) < 4.78 is 24.3. The van der Waals surface area contributed by atoms with Crippen LogP contribution in [0.15, 0.2) is 0 Å². The third-order valence-corrected chi connectivity index (χ3v) is 2.84. The lowest BCUT2D eigenvalue weighted by atomic mass is 10.5. The monoisotopic (exact) mass is 210 g/mol. The Bertz CT molecular complexity index is 245. The number of rotatable bonds is 6. The highest BCUT2D eigenvalue weighted by Gasteiger charge is 2.07. The molecule has 0 amide bonds. The van der Waals surface area contributed by atoms with Crippen molar-refractivity contribution in [3.8, 4) is 6.07 Å². The highest BCUT2D eigenvalue weighted by atomic mass is 35.5. The first kappa shape index (κ1) is 11.7. The van der Waals surface area contributed by atoms with Gasteiger partial charge in [0.15, 0.2) is 0 Å². The fourth-order valence-electron chi connectivity index (χ4n) is 0.579. The Balaban J connectivity index is 3.67. The van der Waals surface area contributed by atoms with Gasteiger partial charge in [-0.15, -0.1) is 11.6 Å². The molecule has 0 aliphatic rings. The lowest BCUT2D eigenvalue weighted by Gasteiger charge is -2.02. The third-order valence-electron chi connectivity index (χ3n) is 1.11. The number of sulfonamides is 1. The summed E-state index contributed by atoms with van der Waals surface area (Å²) in [4.78, 5) is 0. The molecule has 0 unspecified atom stereocenters. The molecule has 0 atom stereocenters. The van der Waals surface area contributed by atoms with Gasteiger partial charge in [0.2, 0.25) is 10.0 Å². The Morgan fingerprint density at radius 1 is 1.50 bits per heavy atom. The first-order valence-corrected chi connectivity index (χ1v) is 5.71. The van der Waals surface area contributed by atoms with Gasteiger partial charge < -0.3 is 0 Å². The minimum absolute atomic E-state index is 0.0297. The number of hydrogen-bond acceptors (Lipinski definition) is 3. The van der Waals surface area contributed by atoms with Crippen LogP contribution in [0.4, 0.5) is 0 Å². The number of hydrogen-bond donors (Lipinski definition) is 1. The SMILES string of the molecule is N#CCCNS(=O)(=O)CCCCl. The number of nitrogens with zero attached hydrogens (tertiary/aromatic N) is 1. The van der Waals surface area contributed by atoms with Crippen molar-refractivity contribution in [2.24, 2.45) is 0 Å². The second-order valence-corrected chi connectivity index (χ2v) is 4.47. The molecule has 0 aromatic carbocycles. The lowest BCUT2D eigenvalue weighted by Crippen LogP contribution is -2.27. The predicted molar refractivity (Wildman–Crippen MR) is 47.4 cm³/mol. The number of nitriles is 1. The molecule has 0 saturated carbocycles.